The van der Waals surface area contributed by atoms with Crippen LogP contribution in [0.3, 0.4) is 0 Å². The van der Waals surface area contributed by atoms with Crippen LogP contribution < -0.4 is 0 Å². The largest absolute Gasteiger partial charge is 0.380 e. The summed E-state index contributed by atoms with van der Waals surface area (Å²) in [5.74, 6) is 0.0528. The maximum absolute atomic E-state index is 11.3. The molecular weight excluding hydrogens is 158 g/mol. The highest BCUT2D eigenvalue weighted by atomic mass is 16.5. The predicted molar refractivity (Wildman–Crippen MR) is 43.9 cm³/mol. The maximum atomic E-state index is 11.3. The Balaban J connectivity index is 2.31. The van der Waals surface area contributed by atoms with Gasteiger partial charge in [-0.25, -0.2) is 0 Å². The van der Waals surface area contributed by atoms with Gasteiger partial charge >= 0.3 is 0 Å². The van der Waals surface area contributed by atoms with E-state index in [0.717, 1.165) is 13.0 Å². The van der Waals surface area contributed by atoms with Crippen molar-refractivity contribution in [1.29, 1.82) is 0 Å². The topological polar surface area (TPSA) is 38.8 Å². The fourth-order valence-corrected chi connectivity index (χ4v) is 1.36. The Morgan fingerprint density at radius 1 is 1.58 bits per heavy atom. The lowest BCUT2D eigenvalue weighted by atomic mass is 10.3. The fourth-order valence-electron chi connectivity index (χ4n) is 1.36. The molecule has 0 saturated carbocycles. The van der Waals surface area contributed by atoms with Gasteiger partial charge in [-0.1, -0.05) is 0 Å². The first-order chi connectivity index (χ1) is 5.77. The first-order valence-corrected chi connectivity index (χ1v) is 4.07. The second kappa shape index (κ2) is 4.42. The summed E-state index contributed by atoms with van der Waals surface area (Å²) in [6.07, 6.45) is 1.15. The van der Waals surface area contributed by atoms with E-state index < -0.39 is 0 Å². The molecule has 0 radical (unpaired) electrons. The Morgan fingerprint density at radius 3 is 2.83 bits per heavy atom. The van der Waals surface area contributed by atoms with E-state index in [0.29, 0.717) is 6.54 Å². The molecule has 4 heteroatoms. The lowest BCUT2D eigenvalue weighted by molar-refractivity contribution is -0.134. The number of amides is 1. The molecule has 0 aromatic rings. The SMILES string of the molecule is COCC(=O)N1CCC(OC)C1. The van der Waals surface area contributed by atoms with Crippen molar-refractivity contribution >= 4 is 5.91 Å². The van der Waals surface area contributed by atoms with E-state index in [1.807, 2.05) is 0 Å². The molecule has 0 N–H and O–H groups in total. The van der Waals surface area contributed by atoms with Crippen molar-refractivity contribution in [2.75, 3.05) is 33.9 Å². The smallest absolute Gasteiger partial charge is 0.248 e. The Kier molecular flexibility index (Phi) is 3.49. The molecule has 1 fully saturated rings. The number of carbonyl (C=O) groups excluding carboxylic acids is 1. The lowest BCUT2D eigenvalue weighted by Gasteiger charge is -2.14. The third kappa shape index (κ3) is 2.19. The molecule has 1 amide bonds. The monoisotopic (exact) mass is 173 g/mol. The van der Waals surface area contributed by atoms with Crippen molar-refractivity contribution < 1.29 is 14.3 Å². The second-order valence-electron chi connectivity index (χ2n) is 2.92. The molecule has 0 aromatic carbocycles. The van der Waals surface area contributed by atoms with Gasteiger partial charge in [0.1, 0.15) is 6.61 Å². The van der Waals surface area contributed by atoms with E-state index in [2.05, 4.69) is 0 Å². The van der Waals surface area contributed by atoms with Crippen LogP contribution in [-0.2, 0) is 14.3 Å². The molecule has 12 heavy (non-hydrogen) atoms. The summed E-state index contributed by atoms with van der Waals surface area (Å²) in [6.45, 7) is 1.68. The number of nitrogens with zero attached hydrogens (tertiary/aromatic N) is 1. The summed E-state index contributed by atoms with van der Waals surface area (Å²) in [5, 5.41) is 0. The van der Waals surface area contributed by atoms with Gasteiger partial charge in [-0.05, 0) is 6.42 Å². The Morgan fingerprint density at radius 2 is 2.33 bits per heavy atom. The average molecular weight is 173 g/mol. The third-order valence-corrected chi connectivity index (χ3v) is 2.10. The third-order valence-electron chi connectivity index (χ3n) is 2.10. The second-order valence-corrected chi connectivity index (χ2v) is 2.92. The zero-order chi connectivity index (χ0) is 8.97. The molecule has 1 heterocycles. The van der Waals surface area contributed by atoms with E-state index in [9.17, 15) is 4.79 Å². The van der Waals surface area contributed by atoms with Crippen molar-refractivity contribution in [1.82, 2.24) is 4.90 Å². The van der Waals surface area contributed by atoms with Crippen LogP contribution in [0.4, 0.5) is 0 Å². The normalized spacial score (nSPS) is 23.2. The van der Waals surface area contributed by atoms with Crippen molar-refractivity contribution in [2.24, 2.45) is 0 Å². The van der Waals surface area contributed by atoms with Gasteiger partial charge in [0.05, 0.1) is 6.10 Å². The number of likely N-dealkylation sites (tertiary alicyclic amines) is 1. The van der Waals surface area contributed by atoms with Gasteiger partial charge in [-0.2, -0.15) is 0 Å². The summed E-state index contributed by atoms with van der Waals surface area (Å²) in [7, 11) is 3.21. The van der Waals surface area contributed by atoms with Crippen LogP contribution in [0.5, 0.6) is 0 Å². The minimum Gasteiger partial charge on any atom is -0.380 e. The van der Waals surface area contributed by atoms with Crippen LogP contribution in [0.25, 0.3) is 0 Å². The van der Waals surface area contributed by atoms with Gasteiger partial charge in [0, 0.05) is 27.3 Å². The molecular formula is C8H15NO3. The van der Waals surface area contributed by atoms with Crippen LogP contribution in [0.15, 0.2) is 0 Å². The minimum atomic E-state index is 0.0528. The van der Waals surface area contributed by atoms with Crippen molar-refractivity contribution in [3.05, 3.63) is 0 Å². The summed E-state index contributed by atoms with van der Waals surface area (Å²) < 4.78 is 9.89. The molecule has 1 rings (SSSR count). The van der Waals surface area contributed by atoms with Gasteiger partial charge < -0.3 is 14.4 Å². The predicted octanol–water partition coefficient (Wildman–Crippen LogP) is -0.120. The first kappa shape index (κ1) is 9.48. The van der Waals surface area contributed by atoms with E-state index in [1.165, 1.54) is 7.11 Å². The summed E-state index contributed by atoms with van der Waals surface area (Å²) >= 11 is 0. The Hall–Kier alpha value is -0.610. The molecule has 1 atom stereocenters. The number of hydrogen-bond acceptors (Lipinski definition) is 3. The highest BCUT2D eigenvalue weighted by molar-refractivity contribution is 5.77. The number of methoxy groups -OCH3 is 2. The molecule has 70 valence electrons. The summed E-state index contributed by atoms with van der Waals surface area (Å²) in [6, 6.07) is 0. The number of carbonyl (C=O) groups is 1. The molecule has 1 aliphatic rings. The molecule has 1 aliphatic heterocycles. The van der Waals surface area contributed by atoms with Crippen LogP contribution in [-0.4, -0.2) is 50.8 Å². The standard InChI is InChI=1S/C8H15NO3/c1-11-6-8(10)9-4-3-7(5-9)12-2/h7H,3-6H2,1-2H3. The van der Waals surface area contributed by atoms with Crippen molar-refractivity contribution in [3.8, 4) is 0 Å². The molecule has 4 nitrogen and oxygen atoms in total. The van der Waals surface area contributed by atoms with Gasteiger partial charge in [0.2, 0.25) is 5.91 Å². The Labute approximate surface area is 72.4 Å². The van der Waals surface area contributed by atoms with E-state index >= 15 is 0 Å². The zero-order valence-electron chi connectivity index (χ0n) is 7.58. The van der Waals surface area contributed by atoms with Gasteiger partial charge in [-0.15, -0.1) is 0 Å². The van der Waals surface area contributed by atoms with Gasteiger partial charge in [-0.3, -0.25) is 4.79 Å². The highest BCUT2D eigenvalue weighted by Gasteiger charge is 2.25. The molecule has 0 aliphatic carbocycles. The molecule has 0 spiro atoms. The van der Waals surface area contributed by atoms with E-state index in [4.69, 9.17) is 9.47 Å². The number of hydrogen-bond donors (Lipinski definition) is 0. The van der Waals surface area contributed by atoms with Crippen molar-refractivity contribution in [3.63, 3.8) is 0 Å². The molecule has 0 aromatic heterocycles. The zero-order valence-corrected chi connectivity index (χ0v) is 7.58. The van der Waals surface area contributed by atoms with Gasteiger partial charge in [0.25, 0.3) is 0 Å². The molecule has 1 saturated heterocycles. The fraction of sp³-hybridized carbons (Fsp3) is 0.875. The van der Waals surface area contributed by atoms with Crippen LogP contribution in [0.2, 0.25) is 0 Å². The highest BCUT2D eigenvalue weighted by Crippen LogP contribution is 2.11. The summed E-state index contributed by atoms with van der Waals surface area (Å²) in [4.78, 5) is 13.0. The molecule has 1 unspecified atom stereocenters. The number of ether oxygens (including phenoxy) is 2. The average Bonchev–Trinajstić information content (AvgIpc) is 2.52. The van der Waals surface area contributed by atoms with Crippen LogP contribution >= 0.6 is 0 Å². The quantitative estimate of drug-likeness (QED) is 0.597. The minimum absolute atomic E-state index is 0.0528. The van der Waals surface area contributed by atoms with Crippen LogP contribution in [0.1, 0.15) is 6.42 Å². The van der Waals surface area contributed by atoms with E-state index in [1.54, 1.807) is 12.0 Å². The van der Waals surface area contributed by atoms with E-state index in [-0.39, 0.29) is 18.6 Å². The van der Waals surface area contributed by atoms with Crippen molar-refractivity contribution in [2.45, 2.75) is 12.5 Å². The van der Waals surface area contributed by atoms with Gasteiger partial charge in [0.15, 0.2) is 0 Å². The molecule has 0 bridgehead atoms. The number of rotatable bonds is 3. The Bertz CT molecular complexity index is 160. The maximum Gasteiger partial charge on any atom is 0.248 e. The first-order valence-electron chi connectivity index (χ1n) is 4.07. The lowest BCUT2D eigenvalue weighted by Crippen LogP contribution is -2.32. The van der Waals surface area contributed by atoms with Crippen LogP contribution in [0, 0.1) is 0 Å². The summed E-state index contributed by atoms with van der Waals surface area (Å²) in [5.41, 5.74) is 0.